The summed E-state index contributed by atoms with van der Waals surface area (Å²) in [6, 6.07) is 21.6. The fraction of sp³-hybridized carbons (Fsp3) is 0.310. The van der Waals surface area contributed by atoms with Gasteiger partial charge in [0.2, 0.25) is 5.91 Å². The molecule has 0 radical (unpaired) electrons. The second kappa shape index (κ2) is 13.7. The summed E-state index contributed by atoms with van der Waals surface area (Å²) in [4.78, 5) is 28.7. The van der Waals surface area contributed by atoms with Gasteiger partial charge in [0.05, 0.1) is 14.2 Å². The van der Waals surface area contributed by atoms with Gasteiger partial charge in [0.1, 0.15) is 23.3 Å². The standard InChI is InChI=1S/C29H33BrN2O5/c1-20(2)31-29(34)27(14-21-9-6-5-7-10-21)32(18-22-11-8-12-23(30)13-22)28(33)19-37-26-16-24(35-3)15-25(17-26)36-4/h5-13,15-17,20,27H,14,18-19H2,1-4H3,(H,31,34). The summed E-state index contributed by atoms with van der Waals surface area (Å²) in [6.07, 6.45) is 0.367. The molecule has 3 aromatic rings. The Bertz CT molecular complexity index is 1160. The van der Waals surface area contributed by atoms with Crippen molar-refractivity contribution in [2.75, 3.05) is 20.8 Å². The Morgan fingerprint density at radius 1 is 0.865 bits per heavy atom. The van der Waals surface area contributed by atoms with Gasteiger partial charge in [0.15, 0.2) is 6.61 Å². The van der Waals surface area contributed by atoms with Crippen LogP contribution < -0.4 is 19.5 Å². The van der Waals surface area contributed by atoms with Crippen LogP contribution in [0.5, 0.6) is 17.2 Å². The molecule has 0 fully saturated rings. The molecule has 0 aliphatic rings. The quantitative estimate of drug-likeness (QED) is 0.332. The summed E-state index contributed by atoms with van der Waals surface area (Å²) < 4.78 is 17.4. The van der Waals surface area contributed by atoms with Crippen LogP contribution in [0.15, 0.2) is 77.3 Å². The van der Waals surface area contributed by atoms with E-state index in [1.807, 2.05) is 68.4 Å². The number of nitrogens with zero attached hydrogens (tertiary/aromatic N) is 1. The fourth-order valence-electron chi connectivity index (χ4n) is 3.86. The molecule has 1 unspecified atom stereocenters. The van der Waals surface area contributed by atoms with Crippen LogP contribution in [0.3, 0.4) is 0 Å². The lowest BCUT2D eigenvalue weighted by atomic mass is 10.0. The number of ether oxygens (including phenoxy) is 3. The first-order chi connectivity index (χ1) is 17.8. The van der Waals surface area contributed by atoms with Crippen molar-refractivity contribution < 1.29 is 23.8 Å². The van der Waals surface area contributed by atoms with Crippen molar-refractivity contribution in [3.63, 3.8) is 0 Å². The second-order valence-corrected chi connectivity index (χ2v) is 9.77. The maximum absolute atomic E-state index is 13.7. The number of carbonyl (C=O) groups is 2. The van der Waals surface area contributed by atoms with Gasteiger partial charge in [-0.3, -0.25) is 9.59 Å². The van der Waals surface area contributed by atoms with Crippen LogP contribution in [0.2, 0.25) is 0 Å². The van der Waals surface area contributed by atoms with Gasteiger partial charge >= 0.3 is 0 Å². The largest absolute Gasteiger partial charge is 0.496 e. The molecular formula is C29H33BrN2O5. The summed E-state index contributed by atoms with van der Waals surface area (Å²) in [7, 11) is 3.09. The van der Waals surface area contributed by atoms with Gasteiger partial charge in [-0.1, -0.05) is 58.4 Å². The number of benzene rings is 3. The van der Waals surface area contributed by atoms with Gasteiger partial charge in [-0.05, 0) is 37.1 Å². The maximum Gasteiger partial charge on any atom is 0.261 e. The van der Waals surface area contributed by atoms with E-state index in [0.717, 1.165) is 15.6 Å². The van der Waals surface area contributed by atoms with Crippen LogP contribution in [-0.2, 0) is 22.6 Å². The molecule has 2 amide bonds. The Labute approximate surface area is 226 Å². The monoisotopic (exact) mass is 568 g/mol. The van der Waals surface area contributed by atoms with Gasteiger partial charge in [-0.25, -0.2) is 0 Å². The molecule has 3 rings (SSSR count). The van der Waals surface area contributed by atoms with E-state index in [2.05, 4.69) is 21.2 Å². The lowest BCUT2D eigenvalue weighted by molar-refractivity contribution is -0.143. The molecule has 7 nitrogen and oxygen atoms in total. The minimum atomic E-state index is -0.736. The summed E-state index contributed by atoms with van der Waals surface area (Å²) in [5.41, 5.74) is 1.85. The first-order valence-electron chi connectivity index (χ1n) is 12.0. The normalized spacial score (nSPS) is 11.5. The summed E-state index contributed by atoms with van der Waals surface area (Å²) in [5.74, 6) is 0.988. The van der Waals surface area contributed by atoms with Crippen LogP contribution in [0.1, 0.15) is 25.0 Å². The second-order valence-electron chi connectivity index (χ2n) is 8.86. The Morgan fingerprint density at radius 3 is 2.08 bits per heavy atom. The first kappa shape index (κ1) is 28.1. The van der Waals surface area contributed by atoms with E-state index in [4.69, 9.17) is 14.2 Å². The zero-order valence-electron chi connectivity index (χ0n) is 21.6. The molecule has 0 heterocycles. The van der Waals surface area contributed by atoms with Crippen molar-refractivity contribution in [1.82, 2.24) is 10.2 Å². The maximum atomic E-state index is 13.7. The Balaban J connectivity index is 1.92. The van der Waals surface area contributed by atoms with E-state index in [0.29, 0.717) is 23.7 Å². The average Bonchev–Trinajstić information content (AvgIpc) is 2.89. The molecule has 1 atom stereocenters. The van der Waals surface area contributed by atoms with Crippen LogP contribution in [0, 0.1) is 0 Å². The molecule has 37 heavy (non-hydrogen) atoms. The third-order valence-corrected chi connectivity index (χ3v) is 6.12. The lowest BCUT2D eigenvalue weighted by Crippen LogP contribution is -2.52. The zero-order chi connectivity index (χ0) is 26.8. The summed E-state index contributed by atoms with van der Waals surface area (Å²) in [5, 5.41) is 2.98. The predicted octanol–water partition coefficient (Wildman–Crippen LogP) is 5.01. The van der Waals surface area contributed by atoms with E-state index < -0.39 is 6.04 Å². The van der Waals surface area contributed by atoms with Crippen LogP contribution in [0.25, 0.3) is 0 Å². The molecule has 8 heteroatoms. The average molecular weight is 569 g/mol. The molecule has 0 bridgehead atoms. The fourth-order valence-corrected chi connectivity index (χ4v) is 4.31. The van der Waals surface area contributed by atoms with Crippen LogP contribution in [0.4, 0.5) is 0 Å². The highest BCUT2D eigenvalue weighted by Crippen LogP contribution is 2.27. The molecule has 0 aliphatic heterocycles. The Hall–Kier alpha value is -3.52. The number of rotatable bonds is 12. The SMILES string of the molecule is COc1cc(OC)cc(OCC(=O)N(Cc2cccc(Br)c2)C(Cc2ccccc2)C(=O)NC(C)C)c1. The molecule has 0 aromatic heterocycles. The molecule has 0 spiro atoms. The van der Waals surface area contributed by atoms with E-state index in [1.54, 1.807) is 37.3 Å². The molecular weight excluding hydrogens is 536 g/mol. The predicted molar refractivity (Wildman–Crippen MR) is 147 cm³/mol. The van der Waals surface area contributed by atoms with Crippen molar-refractivity contribution in [2.45, 2.75) is 38.9 Å². The van der Waals surface area contributed by atoms with Crippen molar-refractivity contribution >= 4 is 27.7 Å². The highest BCUT2D eigenvalue weighted by Gasteiger charge is 2.31. The smallest absolute Gasteiger partial charge is 0.261 e. The van der Waals surface area contributed by atoms with E-state index in [-0.39, 0.29) is 31.0 Å². The number of hydrogen-bond donors (Lipinski definition) is 1. The van der Waals surface area contributed by atoms with Crippen molar-refractivity contribution in [3.05, 3.63) is 88.4 Å². The number of carbonyl (C=O) groups excluding carboxylic acids is 2. The number of methoxy groups -OCH3 is 2. The molecule has 0 saturated heterocycles. The lowest BCUT2D eigenvalue weighted by Gasteiger charge is -2.32. The summed E-state index contributed by atoms with van der Waals surface area (Å²) >= 11 is 3.50. The van der Waals surface area contributed by atoms with E-state index in [9.17, 15) is 9.59 Å². The number of halogens is 1. The molecule has 0 saturated carbocycles. The molecule has 1 N–H and O–H groups in total. The van der Waals surface area contributed by atoms with Gasteiger partial charge in [0, 0.05) is 41.7 Å². The summed E-state index contributed by atoms with van der Waals surface area (Å²) in [6.45, 7) is 3.78. The number of hydrogen-bond acceptors (Lipinski definition) is 5. The van der Waals surface area contributed by atoms with Gasteiger partial charge < -0.3 is 24.4 Å². The number of nitrogens with one attached hydrogen (secondary N) is 1. The van der Waals surface area contributed by atoms with Crippen molar-refractivity contribution in [2.24, 2.45) is 0 Å². The number of amides is 2. The van der Waals surface area contributed by atoms with Crippen LogP contribution >= 0.6 is 15.9 Å². The molecule has 196 valence electrons. The van der Waals surface area contributed by atoms with Gasteiger partial charge in [0.25, 0.3) is 5.91 Å². The topological polar surface area (TPSA) is 77.1 Å². The third-order valence-electron chi connectivity index (χ3n) is 5.63. The highest BCUT2D eigenvalue weighted by molar-refractivity contribution is 9.10. The van der Waals surface area contributed by atoms with Gasteiger partial charge in [-0.2, -0.15) is 0 Å². The van der Waals surface area contributed by atoms with Gasteiger partial charge in [-0.15, -0.1) is 0 Å². The van der Waals surface area contributed by atoms with Crippen molar-refractivity contribution in [3.8, 4) is 17.2 Å². The minimum absolute atomic E-state index is 0.0749. The first-order valence-corrected chi connectivity index (χ1v) is 12.8. The minimum Gasteiger partial charge on any atom is -0.496 e. The Morgan fingerprint density at radius 2 is 1.49 bits per heavy atom. The van der Waals surface area contributed by atoms with Crippen LogP contribution in [-0.4, -0.2) is 49.6 Å². The molecule has 3 aromatic carbocycles. The zero-order valence-corrected chi connectivity index (χ0v) is 23.2. The Kier molecular flexibility index (Phi) is 10.4. The highest BCUT2D eigenvalue weighted by atomic mass is 79.9. The van der Waals surface area contributed by atoms with Crippen molar-refractivity contribution in [1.29, 1.82) is 0 Å². The molecule has 0 aliphatic carbocycles. The third kappa shape index (κ3) is 8.53. The van der Waals surface area contributed by atoms with E-state index >= 15 is 0 Å². The van der Waals surface area contributed by atoms with E-state index in [1.165, 1.54) is 0 Å².